The van der Waals surface area contributed by atoms with Crippen molar-refractivity contribution in [1.82, 2.24) is 9.97 Å². The molecule has 6 heteroatoms. The van der Waals surface area contributed by atoms with Gasteiger partial charge in [-0.3, -0.25) is 0 Å². The first-order valence-corrected chi connectivity index (χ1v) is 20.9. The summed E-state index contributed by atoms with van der Waals surface area (Å²) in [7, 11) is -1.23. The number of rotatable bonds is 4. The molecule has 0 bridgehead atoms. The van der Waals surface area contributed by atoms with E-state index in [1.807, 2.05) is 59.3 Å². The average Bonchev–Trinajstić information content (AvgIpc) is 3.62. The number of thiophene rings is 2. The predicted octanol–water partition coefficient (Wildman–Crippen LogP) is 11.8. The van der Waals surface area contributed by atoms with Gasteiger partial charge >= 0.3 is 0 Å². The molecule has 8 aromatic rings. The molecular weight excluding hydrogens is 805 g/mol. The van der Waals surface area contributed by atoms with Gasteiger partial charge in [0.25, 0.3) is 0 Å². The molecule has 47 heavy (non-hydrogen) atoms. The van der Waals surface area contributed by atoms with Crippen molar-refractivity contribution in [3.63, 3.8) is 0 Å². The molecule has 0 aliphatic carbocycles. The third kappa shape index (κ3) is 6.63. The number of aromatic nitrogens is 2. The number of fused-ring (bicyclic) bond motifs is 7. The molecule has 0 fully saturated rings. The largest absolute Gasteiger partial charge is 0.305 e. The molecule has 0 aliphatic rings. The fourth-order valence-corrected chi connectivity index (χ4v) is 9.32. The predicted molar refractivity (Wildman–Crippen MR) is 205 cm³/mol. The zero-order valence-electron chi connectivity index (χ0n) is 27.4. The Kier molecular flexibility index (Phi) is 9.62. The van der Waals surface area contributed by atoms with E-state index in [9.17, 15) is 0 Å². The van der Waals surface area contributed by atoms with Crippen LogP contribution in [-0.4, -0.2) is 18.0 Å². The van der Waals surface area contributed by atoms with Crippen molar-refractivity contribution in [2.75, 3.05) is 0 Å². The summed E-state index contributed by atoms with van der Waals surface area (Å²) < 4.78 is 5.16. The van der Waals surface area contributed by atoms with Crippen LogP contribution in [0.4, 0.5) is 0 Å². The van der Waals surface area contributed by atoms with Gasteiger partial charge in [-0.15, -0.1) is 47.5 Å². The van der Waals surface area contributed by atoms with Crippen molar-refractivity contribution < 1.29 is 20.1 Å². The SMILES string of the molecule is C[Si](C)(C)c1ccc(-c2[c-]cccc2)nc1.Cc1ccc2c(c1)sc1c(-c3cc(C(C)C)ccn3)[c-]c3sc4ccccc4c3c12.[Ir]. The van der Waals surface area contributed by atoms with Crippen LogP contribution in [0.25, 0.3) is 62.9 Å². The zero-order valence-corrected chi connectivity index (χ0v) is 32.5. The van der Waals surface area contributed by atoms with Gasteiger partial charge in [-0.05, 0) is 73.4 Å². The van der Waals surface area contributed by atoms with Crippen molar-refractivity contribution in [1.29, 1.82) is 0 Å². The van der Waals surface area contributed by atoms with Crippen LogP contribution >= 0.6 is 22.7 Å². The monoisotopic (exact) mass is 841 g/mol. The van der Waals surface area contributed by atoms with E-state index in [0.717, 1.165) is 22.5 Å². The van der Waals surface area contributed by atoms with Crippen LogP contribution in [0, 0.1) is 19.1 Å². The van der Waals surface area contributed by atoms with Crippen molar-refractivity contribution in [2.24, 2.45) is 0 Å². The molecule has 0 aliphatic heterocycles. The van der Waals surface area contributed by atoms with Gasteiger partial charge in [-0.25, -0.2) is 0 Å². The van der Waals surface area contributed by atoms with Crippen LogP contribution in [-0.2, 0) is 20.1 Å². The summed E-state index contributed by atoms with van der Waals surface area (Å²) in [6.07, 6.45) is 3.96. The number of benzene rings is 4. The van der Waals surface area contributed by atoms with Crippen molar-refractivity contribution in [3.05, 3.63) is 127 Å². The Balaban J connectivity index is 0.000000194. The quantitative estimate of drug-likeness (QED) is 0.130. The van der Waals surface area contributed by atoms with Gasteiger partial charge in [0.15, 0.2) is 0 Å². The van der Waals surface area contributed by atoms with Crippen LogP contribution in [0.2, 0.25) is 19.6 Å². The van der Waals surface area contributed by atoms with Gasteiger partial charge in [-0.2, -0.15) is 22.7 Å². The summed E-state index contributed by atoms with van der Waals surface area (Å²) in [5.74, 6) is 0.473. The summed E-state index contributed by atoms with van der Waals surface area (Å²) in [6.45, 7) is 13.6. The zero-order chi connectivity index (χ0) is 32.0. The van der Waals surface area contributed by atoms with Crippen LogP contribution in [0.15, 0.2) is 103 Å². The molecule has 4 heterocycles. The van der Waals surface area contributed by atoms with Crippen molar-refractivity contribution in [2.45, 2.75) is 46.3 Å². The van der Waals surface area contributed by atoms with E-state index in [-0.39, 0.29) is 20.1 Å². The number of hydrogen-bond donors (Lipinski definition) is 0. The summed E-state index contributed by atoms with van der Waals surface area (Å²) in [4.78, 5) is 9.29. The number of aryl methyl sites for hydroxylation is 1. The minimum atomic E-state index is -1.23. The standard InChI is InChI=1S/C27H20NS2.C14H16NSi.Ir/c1-15(2)17-10-11-28-21(13-17)20-14-24-25(18-6-4-5-7-22(18)29-24)26-19-9-8-16(3)12-23(19)30-27(20)26;1-16(2,3)13-9-10-14(15-11-13)12-7-5-4-6-8-12;/h4-13,15H,1-3H3;4-7,9-11H,1-3H3;/q2*-1;. The molecule has 0 atom stereocenters. The van der Waals surface area contributed by atoms with E-state index in [2.05, 4.69) is 124 Å². The maximum Gasteiger partial charge on any atom is 0.0795 e. The summed E-state index contributed by atoms with van der Waals surface area (Å²) in [5, 5.41) is 6.75. The van der Waals surface area contributed by atoms with Crippen LogP contribution < -0.4 is 5.19 Å². The Morgan fingerprint density at radius 1 is 0.745 bits per heavy atom. The van der Waals surface area contributed by atoms with Gasteiger partial charge in [0.2, 0.25) is 0 Å². The molecule has 2 nitrogen and oxygen atoms in total. The van der Waals surface area contributed by atoms with E-state index >= 15 is 0 Å². The van der Waals surface area contributed by atoms with E-state index in [1.54, 1.807) is 0 Å². The Labute approximate surface area is 299 Å². The minimum absolute atomic E-state index is 0. The Bertz CT molecular complexity index is 2330. The van der Waals surface area contributed by atoms with E-state index in [1.165, 1.54) is 56.7 Å². The first-order valence-electron chi connectivity index (χ1n) is 15.8. The Morgan fingerprint density at radius 2 is 1.53 bits per heavy atom. The number of pyridine rings is 2. The Morgan fingerprint density at radius 3 is 2.26 bits per heavy atom. The fourth-order valence-electron chi connectivity index (χ4n) is 5.85. The molecule has 8 rings (SSSR count). The van der Waals surface area contributed by atoms with Crippen LogP contribution in [0.3, 0.4) is 0 Å². The number of nitrogens with zero attached hydrogens (tertiary/aromatic N) is 2. The molecule has 0 amide bonds. The maximum atomic E-state index is 4.77. The first kappa shape index (κ1) is 33.4. The molecule has 237 valence electrons. The van der Waals surface area contributed by atoms with E-state index < -0.39 is 8.07 Å². The molecule has 4 aromatic heterocycles. The van der Waals surface area contributed by atoms with Crippen molar-refractivity contribution >= 4 is 76.3 Å². The fraction of sp³-hybridized carbons (Fsp3) is 0.171. The normalized spacial score (nSPS) is 11.6. The van der Waals surface area contributed by atoms with Gasteiger partial charge < -0.3 is 9.97 Å². The van der Waals surface area contributed by atoms with E-state index in [4.69, 9.17) is 4.98 Å². The Hall–Kier alpha value is -3.51. The summed E-state index contributed by atoms with van der Waals surface area (Å²) >= 11 is 3.70. The topological polar surface area (TPSA) is 25.8 Å². The molecular formula is C41H36IrN2S2Si-2. The third-order valence-corrected chi connectivity index (χ3v) is 12.8. The first-order chi connectivity index (χ1) is 22.2. The number of hydrogen-bond acceptors (Lipinski definition) is 4. The molecule has 0 spiro atoms. The van der Waals surface area contributed by atoms with Gasteiger partial charge in [0, 0.05) is 41.9 Å². The second-order valence-corrected chi connectivity index (χ2v) is 20.4. The van der Waals surface area contributed by atoms with E-state index in [0.29, 0.717) is 5.92 Å². The molecule has 1 radical (unpaired) electrons. The van der Waals surface area contributed by atoms with Gasteiger partial charge in [0.05, 0.1) is 8.07 Å². The third-order valence-electron chi connectivity index (χ3n) is 8.48. The average molecular weight is 841 g/mol. The molecule has 0 unspecified atom stereocenters. The smallest absolute Gasteiger partial charge is 0.0795 e. The van der Waals surface area contributed by atoms with Crippen molar-refractivity contribution in [3.8, 4) is 22.5 Å². The molecule has 0 saturated carbocycles. The summed E-state index contributed by atoms with van der Waals surface area (Å²) in [5.41, 5.74) is 6.83. The molecule has 0 N–H and O–H groups in total. The summed E-state index contributed by atoms with van der Waals surface area (Å²) in [6, 6.07) is 39.1. The maximum absolute atomic E-state index is 4.77. The molecule has 0 saturated heterocycles. The van der Waals surface area contributed by atoms with Crippen LogP contribution in [0.1, 0.15) is 30.9 Å². The second kappa shape index (κ2) is 13.5. The second-order valence-electron chi connectivity index (χ2n) is 13.2. The van der Waals surface area contributed by atoms with Crippen LogP contribution in [0.5, 0.6) is 0 Å². The van der Waals surface area contributed by atoms with Gasteiger partial charge in [0.1, 0.15) is 0 Å². The molecule has 4 aromatic carbocycles. The van der Waals surface area contributed by atoms with Gasteiger partial charge in [-0.1, -0.05) is 98.4 Å². The minimum Gasteiger partial charge on any atom is -0.305 e.